The zero-order valence-electron chi connectivity index (χ0n) is 17.8. The van der Waals surface area contributed by atoms with Crippen LogP contribution in [-0.4, -0.2) is 63.7 Å². The molecular weight excluding hydrogens is 452 g/mol. The molecule has 0 N–H and O–H groups in total. The van der Waals surface area contributed by atoms with Gasteiger partial charge in [0.25, 0.3) is 16.5 Å². The molecule has 0 aromatic heterocycles. The lowest BCUT2D eigenvalue weighted by Crippen LogP contribution is -2.41. The highest BCUT2D eigenvalue weighted by Crippen LogP contribution is 2.30. The third kappa shape index (κ3) is 5.82. The number of ether oxygens (including phenoxy) is 2. The molecule has 0 spiro atoms. The normalized spacial score (nSPS) is 22.9. The lowest BCUT2D eigenvalue weighted by molar-refractivity contribution is -0.444. The van der Waals surface area contributed by atoms with E-state index in [2.05, 4.69) is 4.99 Å². The van der Waals surface area contributed by atoms with Crippen LogP contribution in [0.2, 0.25) is 5.02 Å². The van der Waals surface area contributed by atoms with E-state index in [9.17, 15) is 8.42 Å². The van der Waals surface area contributed by atoms with Crippen LogP contribution in [0.4, 0.5) is 0 Å². The molecular formula is C23H26ClN2O5S+. The summed E-state index contributed by atoms with van der Waals surface area (Å²) in [6.07, 6.45) is 4.52. The highest BCUT2D eigenvalue weighted by atomic mass is 35.5. The fourth-order valence-electron chi connectivity index (χ4n) is 3.65. The number of hydrogen-bond donors (Lipinski definition) is 0. The van der Waals surface area contributed by atoms with Crippen LogP contribution >= 0.6 is 11.6 Å². The van der Waals surface area contributed by atoms with Gasteiger partial charge in [0.1, 0.15) is 18.9 Å². The Morgan fingerprint density at radius 2 is 1.94 bits per heavy atom. The molecule has 2 aromatic rings. The van der Waals surface area contributed by atoms with Crippen molar-refractivity contribution in [2.24, 2.45) is 4.99 Å². The fourth-order valence-corrected chi connectivity index (χ4v) is 4.71. The maximum absolute atomic E-state index is 12.5. The summed E-state index contributed by atoms with van der Waals surface area (Å²) in [6.45, 7) is 3.11. The second-order valence-electron chi connectivity index (χ2n) is 7.98. The van der Waals surface area contributed by atoms with Gasteiger partial charge in [-0.1, -0.05) is 46.4 Å². The number of aryl methyl sites for hydroxylation is 2. The Morgan fingerprint density at radius 1 is 1.19 bits per heavy atom. The van der Waals surface area contributed by atoms with Crippen LogP contribution in [0.25, 0.3) is 0 Å². The first-order valence-electron chi connectivity index (χ1n) is 10.4. The lowest BCUT2D eigenvalue weighted by atomic mass is 10.0. The maximum atomic E-state index is 12.5. The van der Waals surface area contributed by atoms with E-state index >= 15 is 0 Å². The van der Waals surface area contributed by atoms with Crippen molar-refractivity contribution in [2.75, 3.05) is 26.3 Å². The third-order valence-electron chi connectivity index (χ3n) is 5.42. The average Bonchev–Trinajstić information content (AvgIpc) is 3.43. The number of nitrogens with zero attached hydrogens (tertiary/aromatic N) is 2. The van der Waals surface area contributed by atoms with E-state index in [1.54, 1.807) is 18.5 Å². The van der Waals surface area contributed by atoms with E-state index < -0.39 is 22.0 Å². The van der Waals surface area contributed by atoms with E-state index in [-0.39, 0.29) is 18.1 Å². The van der Waals surface area contributed by atoms with Gasteiger partial charge in [-0.15, -0.1) is 0 Å². The first-order valence-corrected chi connectivity index (χ1v) is 12.2. The molecule has 0 radical (unpaired) electrons. The van der Waals surface area contributed by atoms with Crippen molar-refractivity contribution in [3.63, 3.8) is 0 Å². The summed E-state index contributed by atoms with van der Waals surface area (Å²) < 4.78 is 44.6. The quantitative estimate of drug-likeness (QED) is 0.409. The standard InChI is InChI=1S/C23H26ClN2O5S/c1-18-2-8-22(9-3-18)32(27,28)30-15-21-14-29-23(31-21,16-26-13-12-25-17-26)11-10-19-4-6-20(24)7-5-19/h2-9,13,17,21H,10-12,14-16H2,1H3/q+1/t21-,23-/m0/s1. The smallest absolute Gasteiger partial charge is 0.297 e. The molecule has 170 valence electrons. The summed E-state index contributed by atoms with van der Waals surface area (Å²) in [4.78, 5) is 4.33. The Labute approximate surface area is 193 Å². The summed E-state index contributed by atoms with van der Waals surface area (Å²) in [5.41, 5.74) is 2.09. The van der Waals surface area contributed by atoms with Crippen LogP contribution < -0.4 is 0 Å². The Kier molecular flexibility index (Phi) is 7.07. The molecule has 7 nitrogen and oxygen atoms in total. The molecule has 1 saturated heterocycles. The number of aliphatic imine (C=N–C) groups is 1. The number of hydrogen-bond acceptors (Lipinski definition) is 6. The molecule has 2 heterocycles. The Morgan fingerprint density at radius 3 is 2.62 bits per heavy atom. The van der Waals surface area contributed by atoms with Gasteiger partial charge < -0.3 is 9.47 Å². The number of halogens is 1. The van der Waals surface area contributed by atoms with Crippen LogP contribution in [0.1, 0.15) is 17.5 Å². The van der Waals surface area contributed by atoms with Crippen molar-refractivity contribution in [2.45, 2.75) is 36.6 Å². The molecule has 0 amide bonds. The van der Waals surface area contributed by atoms with E-state index in [1.807, 2.05) is 42.0 Å². The SMILES string of the molecule is Cc1ccc(S(=O)(=O)OC[C@@H]2CO[C@](CCc3ccc(Cl)cc3)(C[N+]3=CCN=C3)O2)cc1. The van der Waals surface area contributed by atoms with Gasteiger partial charge in [0, 0.05) is 11.4 Å². The van der Waals surface area contributed by atoms with Crippen LogP contribution in [0, 0.1) is 6.92 Å². The Hall–Kier alpha value is -2.10. The lowest BCUT2D eigenvalue weighted by Gasteiger charge is -2.26. The minimum absolute atomic E-state index is 0.114. The van der Waals surface area contributed by atoms with Crippen molar-refractivity contribution in [1.29, 1.82) is 0 Å². The molecule has 0 saturated carbocycles. The Balaban J connectivity index is 1.41. The number of rotatable bonds is 9. The molecule has 0 aliphatic carbocycles. The summed E-state index contributed by atoms with van der Waals surface area (Å²) in [5, 5.41) is 0.687. The summed E-state index contributed by atoms with van der Waals surface area (Å²) in [6, 6.07) is 14.2. The molecule has 2 atom stereocenters. The van der Waals surface area contributed by atoms with Crippen molar-refractivity contribution in [1.82, 2.24) is 0 Å². The van der Waals surface area contributed by atoms with Crippen molar-refractivity contribution >= 4 is 34.3 Å². The van der Waals surface area contributed by atoms with Crippen molar-refractivity contribution < 1.29 is 26.7 Å². The fraction of sp³-hybridized carbons (Fsp3) is 0.391. The van der Waals surface area contributed by atoms with Crippen LogP contribution in [0.3, 0.4) is 0 Å². The summed E-state index contributed by atoms with van der Waals surface area (Å²) in [5.74, 6) is -0.895. The Bertz CT molecular complexity index is 1100. The first kappa shape index (κ1) is 23.1. The van der Waals surface area contributed by atoms with Gasteiger partial charge in [-0.25, -0.2) is 4.58 Å². The van der Waals surface area contributed by atoms with Gasteiger partial charge in [0.15, 0.2) is 6.54 Å². The molecule has 0 bridgehead atoms. The highest BCUT2D eigenvalue weighted by Gasteiger charge is 2.44. The maximum Gasteiger partial charge on any atom is 0.297 e. The van der Waals surface area contributed by atoms with Crippen LogP contribution in [-0.2, 0) is 30.2 Å². The summed E-state index contributed by atoms with van der Waals surface area (Å²) in [7, 11) is -3.87. The van der Waals surface area contributed by atoms with Gasteiger partial charge >= 0.3 is 0 Å². The van der Waals surface area contributed by atoms with Gasteiger partial charge in [-0.3, -0.25) is 4.18 Å². The van der Waals surface area contributed by atoms with Crippen molar-refractivity contribution in [3.8, 4) is 0 Å². The minimum atomic E-state index is -3.87. The average molecular weight is 478 g/mol. The van der Waals surface area contributed by atoms with Gasteiger partial charge in [0.05, 0.1) is 18.1 Å². The zero-order chi connectivity index (χ0) is 22.6. The topological polar surface area (TPSA) is 77.2 Å². The molecule has 2 aliphatic heterocycles. The van der Waals surface area contributed by atoms with Crippen LogP contribution in [0.5, 0.6) is 0 Å². The van der Waals surface area contributed by atoms with E-state index in [0.29, 0.717) is 24.5 Å². The molecule has 4 rings (SSSR count). The molecule has 0 unspecified atom stereocenters. The largest absolute Gasteiger partial charge is 0.344 e. The highest BCUT2D eigenvalue weighted by molar-refractivity contribution is 7.86. The predicted octanol–water partition coefficient (Wildman–Crippen LogP) is 3.22. The van der Waals surface area contributed by atoms with Gasteiger partial charge in [-0.05, 0) is 43.2 Å². The molecule has 2 aliphatic rings. The van der Waals surface area contributed by atoms with E-state index in [4.69, 9.17) is 25.3 Å². The second kappa shape index (κ2) is 9.80. The number of benzene rings is 2. The first-order chi connectivity index (χ1) is 15.3. The predicted molar refractivity (Wildman–Crippen MR) is 122 cm³/mol. The van der Waals surface area contributed by atoms with Gasteiger partial charge in [-0.2, -0.15) is 8.42 Å². The molecule has 1 fully saturated rings. The molecule has 9 heteroatoms. The second-order valence-corrected chi connectivity index (χ2v) is 10.0. The minimum Gasteiger partial charge on any atom is -0.344 e. The van der Waals surface area contributed by atoms with E-state index in [1.165, 1.54) is 12.1 Å². The summed E-state index contributed by atoms with van der Waals surface area (Å²) >= 11 is 5.98. The third-order valence-corrected chi connectivity index (χ3v) is 6.96. The monoisotopic (exact) mass is 477 g/mol. The molecule has 32 heavy (non-hydrogen) atoms. The van der Waals surface area contributed by atoms with Crippen LogP contribution in [0.15, 0.2) is 58.4 Å². The zero-order valence-corrected chi connectivity index (χ0v) is 19.4. The van der Waals surface area contributed by atoms with E-state index in [0.717, 1.165) is 17.5 Å². The van der Waals surface area contributed by atoms with Gasteiger partial charge in [0.2, 0.25) is 5.79 Å². The molecule has 2 aromatic carbocycles. The van der Waals surface area contributed by atoms with Crippen molar-refractivity contribution in [3.05, 3.63) is 64.7 Å².